The molecule has 1 heterocycles. The minimum atomic E-state index is -0.424. The van der Waals surface area contributed by atoms with Crippen molar-refractivity contribution >= 4 is 39.7 Å². The molecule has 0 amide bonds. The molecule has 0 fully saturated rings. The van der Waals surface area contributed by atoms with Crippen LogP contribution in [0.3, 0.4) is 0 Å². The van der Waals surface area contributed by atoms with Crippen LogP contribution in [-0.4, -0.2) is 28.6 Å². The van der Waals surface area contributed by atoms with E-state index in [0.717, 1.165) is 17.7 Å². The van der Waals surface area contributed by atoms with Gasteiger partial charge in [-0.15, -0.1) is 23.2 Å². The molecule has 1 atom stereocenters. The number of hydrogen-bond donors (Lipinski definition) is 0. The molecule has 0 saturated carbocycles. The molecule has 3 rings (SSSR count). The fourth-order valence-electron chi connectivity index (χ4n) is 2.43. The normalized spacial score (nSPS) is 19.3. The third kappa shape index (κ3) is 2.43. The maximum absolute atomic E-state index is 5.98. The van der Waals surface area contributed by atoms with Gasteiger partial charge in [0.15, 0.2) is 0 Å². The summed E-state index contributed by atoms with van der Waals surface area (Å²) < 4.78 is 0. The van der Waals surface area contributed by atoms with Crippen LogP contribution in [0.5, 0.6) is 0 Å². The highest BCUT2D eigenvalue weighted by Gasteiger charge is 2.29. The summed E-state index contributed by atoms with van der Waals surface area (Å²) in [6, 6.07) is 14.8. The van der Waals surface area contributed by atoms with Crippen LogP contribution in [0, 0.1) is 0 Å². The number of benzene rings is 2. The van der Waals surface area contributed by atoms with E-state index >= 15 is 0 Å². The van der Waals surface area contributed by atoms with Crippen molar-refractivity contribution in [2.45, 2.75) is 17.3 Å². The second-order valence-electron chi connectivity index (χ2n) is 4.79. The van der Waals surface area contributed by atoms with Gasteiger partial charge in [0.1, 0.15) is 4.84 Å². The van der Waals surface area contributed by atoms with Crippen molar-refractivity contribution in [1.82, 2.24) is 5.01 Å². The van der Waals surface area contributed by atoms with Gasteiger partial charge in [0.05, 0.1) is 11.8 Å². The molecule has 1 unspecified atom stereocenters. The van der Waals surface area contributed by atoms with Gasteiger partial charge < -0.3 is 0 Å². The number of fused-ring (bicyclic) bond motifs is 1. The molecule has 0 aliphatic carbocycles. The number of hydrogen-bond acceptors (Lipinski definition) is 2. The lowest BCUT2D eigenvalue weighted by Crippen LogP contribution is -2.28. The Morgan fingerprint density at radius 1 is 1.16 bits per heavy atom. The monoisotopic (exact) mass is 292 g/mol. The molecule has 1 aliphatic heterocycles. The van der Waals surface area contributed by atoms with Crippen LogP contribution in [0.4, 0.5) is 0 Å². The Hall–Kier alpha value is -1.25. The Morgan fingerprint density at radius 2 is 1.89 bits per heavy atom. The van der Waals surface area contributed by atoms with E-state index in [1.165, 1.54) is 10.8 Å². The molecule has 4 heteroatoms. The molecule has 98 valence electrons. The number of hydrazone groups is 1. The third-order valence-corrected chi connectivity index (χ3v) is 4.12. The van der Waals surface area contributed by atoms with Gasteiger partial charge in [0.2, 0.25) is 0 Å². The third-order valence-electron chi connectivity index (χ3n) is 3.53. The van der Waals surface area contributed by atoms with Crippen LogP contribution >= 0.6 is 23.2 Å². The highest BCUT2D eigenvalue weighted by Crippen LogP contribution is 2.26. The Labute approximate surface area is 122 Å². The largest absolute Gasteiger partial charge is 0.294 e. The first-order chi connectivity index (χ1) is 9.15. The number of halogens is 2. The highest BCUT2D eigenvalue weighted by molar-refractivity contribution is 6.45. The molecular weight excluding hydrogens is 279 g/mol. The molecule has 19 heavy (non-hydrogen) atoms. The summed E-state index contributed by atoms with van der Waals surface area (Å²) in [4.78, 5) is -0.424. The molecule has 0 spiro atoms. The average Bonchev–Trinajstić information content (AvgIpc) is 2.80. The van der Waals surface area contributed by atoms with Crippen molar-refractivity contribution in [3.8, 4) is 0 Å². The van der Waals surface area contributed by atoms with E-state index in [0.29, 0.717) is 0 Å². The molecule has 0 radical (unpaired) electrons. The molecular formula is C15H14Cl2N2. The van der Waals surface area contributed by atoms with E-state index in [4.69, 9.17) is 23.2 Å². The van der Waals surface area contributed by atoms with Gasteiger partial charge in [-0.2, -0.15) is 5.10 Å². The topological polar surface area (TPSA) is 15.6 Å². The van der Waals surface area contributed by atoms with Crippen molar-refractivity contribution in [1.29, 1.82) is 0 Å². The number of rotatable bonds is 2. The molecule has 1 aliphatic rings. The second-order valence-corrected chi connectivity index (χ2v) is 5.95. The smallest absolute Gasteiger partial charge is 0.130 e. The van der Waals surface area contributed by atoms with E-state index in [1.807, 2.05) is 24.2 Å². The van der Waals surface area contributed by atoms with Gasteiger partial charge in [0, 0.05) is 13.5 Å². The standard InChI is InChI=1S/C15H14Cl2N2/c1-19-14(15(16)17)9-13(18-19)12-7-6-10-4-2-3-5-11(10)8-12/h2-8,14-15H,9H2,1H3. The highest BCUT2D eigenvalue weighted by atomic mass is 35.5. The molecule has 2 nitrogen and oxygen atoms in total. The van der Waals surface area contributed by atoms with Crippen LogP contribution in [0.15, 0.2) is 47.6 Å². The summed E-state index contributed by atoms with van der Waals surface area (Å²) in [5.41, 5.74) is 2.19. The van der Waals surface area contributed by atoms with Crippen molar-refractivity contribution in [2.24, 2.45) is 5.10 Å². The zero-order valence-corrected chi connectivity index (χ0v) is 12.1. The lowest BCUT2D eigenvalue weighted by atomic mass is 10.0. The van der Waals surface area contributed by atoms with Crippen LogP contribution in [-0.2, 0) is 0 Å². The molecule has 2 aromatic rings. The van der Waals surface area contributed by atoms with Crippen LogP contribution in [0.25, 0.3) is 10.8 Å². The quantitative estimate of drug-likeness (QED) is 0.763. The average molecular weight is 293 g/mol. The molecule has 0 bridgehead atoms. The lowest BCUT2D eigenvalue weighted by Gasteiger charge is -2.18. The van der Waals surface area contributed by atoms with E-state index in [-0.39, 0.29) is 6.04 Å². The van der Waals surface area contributed by atoms with E-state index in [2.05, 4.69) is 35.4 Å². The number of nitrogens with zero attached hydrogens (tertiary/aromatic N) is 2. The second kappa shape index (κ2) is 5.03. The summed E-state index contributed by atoms with van der Waals surface area (Å²) in [5.74, 6) is 0. The minimum Gasteiger partial charge on any atom is -0.294 e. The maximum atomic E-state index is 5.98. The first-order valence-corrected chi connectivity index (χ1v) is 7.10. The van der Waals surface area contributed by atoms with Crippen LogP contribution in [0.1, 0.15) is 12.0 Å². The summed E-state index contributed by atoms with van der Waals surface area (Å²) in [5, 5.41) is 8.87. The Bertz CT molecular complexity index is 637. The fraction of sp³-hybridized carbons (Fsp3) is 0.267. The van der Waals surface area contributed by atoms with E-state index in [9.17, 15) is 0 Å². The van der Waals surface area contributed by atoms with Gasteiger partial charge in [-0.3, -0.25) is 5.01 Å². The van der Waals surface area contributed by atoms with Gasteiger partial charge in [-0.05, 0) is 22.4 Å². The molecule has 0 aromatic heterocycles. The summed E-state index contributed by atoms with van der Waals surface area (Å²) in [7, 11) is 1.91. The van der Waals surface area contributed by atoms with Crippen molar-refractivity contribution < 1.29 is 0 Å². The summed E-state index contributed by atoms with van der Waals surface area (Å²) in [6.45, 7) is 0. The predicted molar refractivity (Wildman–Crippen MR) is 82.1 cm³/mol. The number of alkyl halides is 2. The van der Waals surface area contributed by atoms with Crippen LogP contribution in [0.2, 0.25) is 0 Å². The van der Waals surface area contributed by atoms with Gasteiger partial charge in [0.25, 0.3) is 0 Å². The first kappa shape index (κ1) is 12.8. The first-order valence-electron chi connectivity index (χ1n) is 6.23. The predicted octanol–water partition coefficient (Wildman–Crippen LogP) is 4.05. The van der Waals surface area contributed by atoms with Gasteiger partial charge >= 0.3 is 0 Å². The van der Waals surface area contributed by atoms with Crippen molar-refractivity contribution in [3.05, 3.63) is 48.0 Å². The van der Waals surface area contributed by atoms with Gasteiger partial charge in [-0.1, -0.05) is 36.4 Å². The summed E-state index contributed by atoms with van der Waals surface area (Å²) >= 11 is 12.0. The van der Waals surface area contributed by atoms with Gasteiger partial charge in [-0.25, -0.2) is 0 Å². The van der Waals surface area contributed by atoms with Crippen molar-refractivity contribution in [2.75, 3.05) is 7.05 Å². The van der Waals surface area contributed by atoms with Crippen molar-refractivity contribution in [3.63, 3.8) is 0 Å². The Kier molecular flexibility index (Phi) is 3.38. The lowest BCUT2D eigenvalue weighted by molar-refractivity contribution is 0.297. The summed E-state index contributed by atoms with van der Waals surface area (Å²) in [6.07, 6.45) is 0.784. The van der Waals surface area contributed by atoms with E-state index < -0.39 is 4.84 Å². The SMILES string of the molecule is CN1N=C(c2ccc3ccccc3c2)CC1C(Cl)Cl. The fourth-order valence-corrected chi connectivity index (χ4v) is 2.94. The molecule has 2 aromatic carbocycles. The molecule has 0 N–H and O–H groups in total. The Morgan fingerprint density at radius 3 is 2.58 bits per heavy atom. The Balaban J connectivity index is 1.95. The molecule has 0 saturated heterocycles. The maximum Gasteiger partial charge on any atom is 0.130 e. The zero-order chi connectivity index (χ0) is 13.4. The van der Waals surface area contributed by atoms with Crippen LogP contribution < -0.4 is 0 Å². The minimum absolute atomic E-state index is 0.0600. The van der Waals surface area contributed by atoms with E-state index in [1.54, 1.807) is 0 Å². The zero-order valence-electron chi connectivity index (χ0n) is 10.6.